The average molecular weight is 431 g/mol. The van der Waals surface area contributed by atoms with Gasteiger partial charge >= 0.3 is 0 Å². The van der Waals surface area contributed by atoms with E-state index in [9.17, 15) is 9.59 Å². The Labute approximate surface area is 182 Å². The van der Waals surface area contributed by atoms with Crippen molar-refractivity contribution in [3.63, 3.8) is 0 Å². The number of ether oxygens (including phenoxy) is 2. The molecule has 2 aromatic rings. The van der Waals surface area contributed by atoms with Crippen LogP contribution in [0.25, 0.3) is 0 Å². The van der Waals surface area contributed by atoms with Crippen LogP contribution in [0.3, 0.4) is 0 Å². The SMILES string of the molecule is Cc1ccc(OCC(=O)N2CCN(C(=O)C(C)Oc3ccc(Cl)cc3)CC2)cc1C. The molecule has 2 aromatic carbocycles. The second-order valence-electron chi connectivity index (χ2n) is 7.45. The third kappa shape index (κ3) is 5.66. The Morgan fingerprint density at radius 1 is 0.933 bits per heavy atom. The molecule has 0 saturated carbocycles. The summed E-state index contributed by atoms with van der Waals surface area (Å²) >= 11 is 5.87. The molecule has 3 rings (SSSR count). The summed E-state index contributed by atoms with van der Waals surface area (Å²) in [5.41, 5.74) is 2.31. The van der Waals surface area contributed by atoms with Crippen LogP contribution in [0.15, 0.2) is 42.5 Å². The largest absolute Gasteiger partial charge is 0.484 e. The molecule has 30 heavy (non-hydrogen) atoms. The number of benzene rings is 2. The van der Waals surface area contributed by atoms with E-state index in [0.717, 1.165) is 5.56 Å². The highest BCUT2D eigenvalue weighted by molar-refractivity contribution is 6.30. The molecule has 6 nitrogen and oxygen atoms in total. The second-order valence-corrected chi connectivity index (χ2v) is 7.89. The molecule has 1 saturated heterocycles. The minimum atomic E-state index is -0.610. The van der Waals surface area contributed by atoms with Crippen molar-refractivity contribution in [1.82, 2.24) is 9.80 Å². The van der Waals surface area contributed by atoms with Gasteiger partial charge in [-0.1, -0.05) is 17.7 Å². The smallest absolute Gasteiger partial charge is 0.263 e. The Morgan fingerprint density at radius 3 is 2.17 bits per heavy atom. The zero-order chi connectivity index (χ0) is 21.7. The van der Waals surface area contributed by atoms with E-state index >= 15 is 0 Å². The van der Waals surface area contributed by atoms with Crippen molar-refractivity contribution in [3.8, 4) is 11.5 Å². The molecule has 1 heterocycles. The number of nitrogens with zero attached hydrogens (tertiary/aromatic N) is 2. The van der Waals surface area contributed by atoms with Crippen LogP contribution in [0.1, 0.15) is 18.1 Å². The van der Waals surface area contributed by atoms with Crippen molar-refractivity contribution in [2.75, 3.05) is 32.8 Å². The van der Waals surface area contributed by atoms with Gasteiger partial charge in [-0.15, -0.1) is 0 Å². The van der Waals surface area contributed by atoms with Gasteiger partial charge in [-0.25, -0.2) is 0 Å². The van der Waals surface area contributed by atoms with Gasteiger partial charge in [0, 0.05) is 31.2 Å². The summed E-state index contributed by atoms with van der Waals surface area (Å²) in [6, 6.07) is 12.7. The van der Waals surface area contributed by atoms with Crippen LogP contribution < -0.4 is 9.47 Å². The van der Waals surface area contributed by atoms with Gasteiger partial charge in [-0.05, 0) is 68.3 Å². The summed E-state index contributed by atoms with van der Waals surface area (Å²) < 4.78 is 11.4. The zero-order valence-corrected chi connectivity index (χ0v) is 18.3. The Balaban J connectivity index is 1.45. The van der Waals surface area contributed by atoms with Crippen LogP contribution in [0, 0.1) is 13.8 Å². The average Bonchev–Trinajstić information content (AvgIpc) is 2.75. The lowest BCUT2D eigenvalue weighted by atomic mass is 10.1. The number of piperazine rings is 1. The highest BCUT2D eigenvalue weighted by Crippen LogP contribution is 2.18. The second kappa shape index (κ2) is 9.85. The first-order valence-corrected chi connectivity index (χ1v) is 10.4. The lowest BCUT2D eigenvalue weighted by molar-refractivity contribution is -0.144. The fourth-order valence-corrected chi connectivity index (χ4v) is 3.37. The van der Waals surface area contributed by atoms with Gasteiger partial charge in [-0.3, -0.25) is 9.59 Å². The van der Waals surface area contributed by atoms with Crippen molar-refractivity contribution >= 4 is 23.4 Å². The molecule has 0 N–H and O–H groups in total. The monoisotopic (exact) mass is 430 g/mol. The Bertz CT molecular complexity index is 893. The first-order chi connectivity index (χ1) is 14.3. The number of halogens is 1. The molecular formula is C23H27ClN2O4. The minimum absolute atomic E-state index is 0.00741. The maximum absolute atomic E-state index is 12.7. The standard InChI is InChI=1S/C23H27ClN2O4/c1-16-4-7-21(14-17(16)2)29-15-22(27)25-10-12-26(13-11-25)23(28)18(3)30-20-8-5-19(24)6-9-20/h4-9,14,18H,10-13,15H2,1-3H3. The molecule has 0 radical (unpaired) electrons. The summed E-state index contributed by atoms with van der Waals surface area (Å²) in [7, 11) is 0. The maximum atomic E-state index is 12.7. The fourth-order valence-electron chi connectivity index (χ4n) is 3.24. The van der Waals surface area contributed by atoms with Crippen LogP contribution in [0.4, 0.5) is 0 Å². The Morgan fingerprint density at radius 2 is 1.53 bits per heavy atom. The molecule has 0 spiro atoms. The van der Waals surface area contributed by atoms with E-state index in [0.29, 0.717) is 42.7 Å². The normalized spacial score (nSPS) is 14.9. The van der Waals surface area contributed by atoms with E-state index in [1.54, 1.807) is 41.0 Å². The summed E-state index contributed by atoms with van der Waals surface area (Å²) in [5, 5.41) is 0.614. The summed E-state index contributed by atoms with van der Waals surface area (Å²) in [6.07, 6.45) is -0.610. The maximum Gasteiger partial charge on any atom is 0.263 e. The zero-order valence-electron chi connectivity index (χ0n) is 17.6. The van der Waals surface area contributed by atoms with Crippen LogP contribution in [0.5, 0.6) is 11.5 Å². The van der Waals surface area contributed by atoms with E-state index in [4.69, 9.17) is 21.1 Å². The van der Waals surface area contributed by atoms with Crippen molar-refractivity contribution in [2.24, 2.45) is 0 Å². The van der Waals surface area contributed by atoms with Crippen LogP contribution >= 0.6 is 11.6 Å². The van der Waals surface area contributed by atoms with Crippen molar-refractivity contribution in [1.29, 1.82) is 0 Å². The van der Waals surface area contributed by atoms with E-state index in [1.165, 1.54) is 5.56 Å². The molecule has 2 amide bonds. The lowest BCUT2D eigenvalue weighted by Gasteiger charge is -2.35. The first-order valence-electron chi connectivity index (χ1n) is 10.0. The molecule has 1 unspecified atom stereocenters. The highest BCUT2D eigenvalue weighted by atomic mass is 35.5. The molecular weight excluding hydrogens is 404 g/mol. The molecule has 0 bridgehead atoms. The molecule has 160 valence electrons. The molecule has 1 aliphatic rings. The van der Waals surface area contributed by atoms with Gasteiger partial charge in [0.05, 0.1) is 0 Å². The molecule has 7 heteroatoms. The fraction of sp³-hybridized carbons (Fsp3) is 0.391. The molecule has 0 aromatic heterocycles. The third-order valence-electron chi connectivity index (χ3n) is 5.26. The van der Waals surface area contributed by atoms with Gasteiger partial charge < -0.3 is 19.3 Å². The quantitative estimate of drug-likeness (QED) is 0.704. The number of carbonyl (C=O) groups is 2. The van der Waals surface area contributed by atoms with Crippen molar-refractivity contribution < 1.29 is 19.1 Å². The van der Waals surface area contributed by atoms with Crippen molar-refractivity contribution in [3.05, 3.63) is 58.6 Å². The van der Waals surface area contributed by atoms with Gasteiger partial charge in [0.1, 0.15) is 11.5 Å². The third-order valence-corrected chi connectivity index (χ3v) is 5.51. The topological polar surface area (TPSA) is 59.1 Å². The van der Waals surface area contributed by atoms with E-state index in [1.807, 2.05) is 32.0 Å². The van der Waals surface area contributed by atoms with Gasteiger partial charge in [0.25, 0.3) is 11.8 Å². The summed E-state index contributed by atoms with van der Waals surface area (Å²) in [5.74, 6) is 1.11. The number of carbonyl (C=O) groups excluding carboxylic acids is 2. The molecule has 1 atom stereocenters. The summed E-state index contributed by atoms with van der Waals surface area (Å²) in [6.45, 7) is 7.68. The number of hydrogen-bond donors (Lipinski definition) is 0. The number of amides is 2. The predicted molar refractivity (Wildman–Crippen MR) is 116 cm³/mol. The number of rotatable bonds is 6. The van der Waals surface area contributed by atoms with E-state index < -0.39 is 6.10 Å². The molecule has 1 aliphatic heterocycles. The number of hydrogen-bond acceptors (Lipinski definition) is 4. The Hall–Kier alpha value is -2.73. The molecule has 1 fully saturated rings. The first kappa shape index (κ1) is 22.0. The lowest BCUT2D eigenvalue weighted by Crippen LogP contribution is -2.54. The van der Waals surface area contributed by atoms with Crippen molar-refractivity contribution in [2.45, 2.75) is 26.9 Å². The minimum Gasteiger partial charge on any atom is -0.484 e. The van der Waals surface area contributed by atoms with Gasteiger partial charge in [-0.2, -0.15) is 0 Å². The van der Waals surface area contributed by atoms with E-state index in [-0.39, 0.29) is 18.4 Å². The Kier molecular flexibility index (Phi) is 7.21. The van der Waals surface area contributed by atoms with Crippen LogP contribution in [0.2, 0.25) is 5.02 Å². The van der Waals surface area contributed by atoms with Crippen LogP contribution in [-0.4, -0.2) is 60.5 Å². The number of aryl methyl sites for hydroxylation is 2. The van der Waals surface area contributed by atoms with Gasteiger partial charge in [0.2, 0.25) is 0 Å². The van der Waals surface area contributed by atoms with Crippen LogP contribution in [-0.2, 0) is 9.59 Å². The predicted octanol–water partition coefficient (Wildman–Crippen LogP) is 3.47. The van der Waals surface area contributed by atoms with Gasteiger partial charge in [0.15, 0.2) is 12.7 Å². The molecule has 0 aliphatic carbocycles. The highest BCUT2D eigenvalue weighted by Gasteiger charge is 2.28. The summed E-state index contributed by atoms with van der Waals surface area (Å²) in [4.78, 5) is 28.6. The van der Waals surface area contributed by atoms with E-state index in [2.05, 4.69) is 0 Å².